The Morgan fingerprint density at radius 2 is 1.56 bits per heavy atom. The van der Waals surface area contributed by atoms with Crippen LogP contribution >= 0.6 is 0 Å². The monoisotopic (exact) mass is 470 g/mol. The number of ether oxygens (including phenoxy) is 2. The molecule has 11 nitrogen and oxygen atoms in total. The molecular formula is C20H22O11S. The Hall–Kier alpha value is -2.71. The summed E-state index contributed by atoms with van der Waals surface area (Å²) in [5.41, 5.74) is 1.13. The van der Waals surface area contributed by atoms with E-state index in [1.165, 1.54) is 42.5 Å². The van der Waals surface area contributed by atoms with E-state index in [2.05, 4.69) is 4.18 Å². The van der Waals surface area contributed by atoms with Crippen LogP contribution in [0.4, 0.5) is 0 Å². The third kappa shape index (κ3) is 6.17. The number of hydrogen-bond donors (Lipinski definition) is 6. The van der Waals surface area contributed by atoms with Crippen molar-refractivity contribution < 1.29 is 52.2 Å². The van der Waals surface area contributed by atoms with E-state index in [9.17, 15) is 34.0 Å². The van der Waals surface area contributed by atoms with E-state index < -0.39 is 47.7 Å². The highest BCUT2D eigenvalue weighted by molar-refractivity contribution is 7.81. The molecule has 1 saturated heterocycles. The zero-order valence-corrected chi connectivity index (χ0v) is 17.2. The van der Waals surface area contributed by atoms with Crippen LogP contribution in [0.1, 0.15) is 11.1 Å². The summed E-state index contributed by atoms with van der Waals surface area (Å²) in [6, 6.07) is 9.92. The van der Waals surface area contributed by atoms with E-state index in [1.807, 2.05) is 0 Å². The summed E-state index contributed by atoms with van der Waals surface area (Å²) in [7, 11) is -4.61. The van der Waals surface area contributed by atoms with Gasteiger partial charge >= 0.3 is 10.4 Å². The summed E-state index contributed by atoms with van der Waals surface area (Å²) in [5, 5.41) is 49.0. The van der Waals surface area contributed by atoms with Crippen molar-refractivity contribution in [2.45, 2.75) is 30.7 Å². The number of rotatable bonds is 7. The number of phenols is 1. The topological polar surface area (TPSA) is 183 Å². The van der Waals surface area contributed by atoms with Crippen LogP contribution in [0.5, 0.6) is 17.2 Å². The van der Waals surface area contributed by atoms with Gasteiger partial charge in [-0.05, 0) is 35.4 Å². The first-order chi connectivity index (χ1) is 15.1. The molecule has 1 aliphatic rings. The third-order valence-electron chi connectivity index (χ3n) is 4.56. The molecule has 32 heavy (non-hydrogen) atoms. The fraction of sp³-hybridized carbons (Fsp3) is 0.300. The molecule has 3 rings (SSSR count). The van der Waals surface area contributed by atoms with Gasteiger partial charge < -0.3 is 39.2 Å². The average Bonchev–Trinajstić information content (AvgIpc) is 2.72. The Balaban J connectivity index is 1.73. The number of phenolic OH excluding ortho intramolecular Hbond substituents is 1. The molecule has 1 heterocycles. The van der Waals surface area contributed by atoms with E-state index in [0.717, 1.165) is 0 Å². The molecular weight excluding hydrogens is 448 g/mol. The molecule has 0 amide bonds. The summed E-state index contributed by atoms with van der Waals surface area (Å²) < 4.78 is 45.2. The second-order valence-corrected chi connectivity index (χ2v) is 8.01. The maximum atomic E-state index is 10.7. The summed E-state index contributed by atoms with van der Waals surface area (Å²) in [6.45, 7) is -0.604. The van der Waals surface area contributed by atoms with Gasteiger partial charge in [0.25, 0.3) is 0 Å². The van der Waals surface area contributed by atoms with Crippen LogP contribution in [-0.4, -0.2) is 75.8 Å². The second kappa shape index (κ2) is 9.83. The number of hydrogen-bond acceptors (Lipinski definition) is 10. The van der Waals surface area contributed by atoms with Gasteiger partial charge in [0.15, 0.2) is 0 Å². The minimum Gasteiger partial charge on any atom is -0.508 e. The fourth-order valence-electron chi connectivity index (χ4n) is 3.02. The second-order valence-electron chi connectivity index (χ2n) is 6.99. The normalized spacial score (nSPS) is 26.2. The van der Waals surface area contributed by atoms with Crippen molar-refractivity contribution in [3.8, 4) is 17.2 Å². The Labute approximate surface area is 183 Å². The Morgan fingerprint density at radius 3 is 2.19 bits per heavy atom. The Morgan fingerprint density at radius 1 is 0.906 bits per heavy atom. The maximum absolute atomic E-state index is 10.7. The van der Waals surface area contributed by atoms with Crippen LogP contribution < -0.4 is 8.92 Å². The van der Waals surface area contributed by atoms with Gasteiger partial charge in [-0.25, -0.2) is 0 Å². The molecule has 1 fully saturated rings. The molecule has 2 aromatic rings. The molecule has 1 aliphatic heterocycles. The summed E-state index contributed by atoms with van der Waals surface area (Å²) >= 11 is 0. The van der Waals surface area contributed by atoms with Gasteiger partial charge in [-0.15, -0.1) is 0 Å². The molecule has 0 spiro atoms. The van der Waals surface area contributed by atoms with Crippen LogP contribution in [0, 0.1) is 0 Å². The van der Waals surface area contributed by atoms with Crippen LogP contribution in [0.15, 0.2) is 42.5 Å². The van der Waals surface area contributed by atoms with Crippen molar-refractivity contribution in [3.63, 3.8) is 0 Å². The van der Waals surface area contributed by atoms with E-state index in [1.54, 1.807) is 12.2 Å². The summed E-state index contributed by atoms with van der Waals surface area (Å²) in [4.78, 5) is 0. The smallest absolute Gasteiger partial charge is 0.446 e. The number of aromatic hydroxyl groups is 1. The predicted molar refractivity (Wildman–Crippen MR) is 110 cm³/mol. The highest BCUT2D eigenvalue weighted by Crippen LogP contribution is 2.28. The summed E-state index contributed by atoms with van der Waals surface area (Å²) in [6.07, 6.45) is -4.01. The molecule has 0 aromatic heterocycles. The highest BCUT2D eigenvalue weighted by atomic mass is 32.3. The van der Waals surface area contributed by atoms with Gasteiger partial charge in [0, 0.05) is 6.07 Å². The molecule has 0 saturated carbocycles. The fourth-order valence-corrected chi connectivity index (χ4v) is 3.37. The van der Waals surface area contributed by atoms with Gasteiger partial charge in [-0.2, -0.15) is 8.42 Å². The molecule has 0 aliphatic carbocycles. The lowest BCUT2D eigenvalue weighted by molar-refractivity contribution is -0.277. The molecule has 0 unspecified atom stereocenters. The van der Waals surface area contributed by atoms with Crippen molar-refractivity contribution in [2.24, 2.45) is 0 Å². The van der Waals surface area contributed by atoms with Crippen LogP contribution in [0.3, 0.4) is 0 Å². The zero-order valence-electron chi connectivity index (χ0n) is 16.4. The quantitative estimate of drug-likeness (QED) is 0.235. The van der Waals surface area contributed by atoms with E-state index in [-0.39, 0.29) is 17.2 Å². The van der Waals surface area contributed by atoms with Crippen LogP contribution in [-0.2, 0) is 15.1 Å². The van der Waals surface area contributed by atoms with Gasteiger partial charge in [0.1, 0.15) is 41.7 Å². The number of aliphatic hydroxyl groups is 4. The Bertz CT molecular complexity index is 1050. The van der Waals surface area contributed by atoms with Crippen LogP contribution in [0.25, 0.3) is 12.2 Å². The first-order valence-corrected chi connectivity index (χ1v) is 10.7. The van der Waals surface area contributed by atoms with E-state index in [0.29, 0.717) is 11.1 Å². The van der Waals surface area contributed by atoms with Gasteiger partial charge in [-0.3, -0.25) is 4.55 Å². The number of aliphatic hydroxyl groups excluding tert-OH is 4. The SMILES string of the molecule is O=S(=O)(O)Oc1ccc(/C=C\c2cc(O)cc(O[C@@H]3O[C@H](CO)[C@@H](O)[C@H](O)[C@H]3O)c2)cc1. The largest absolute Gasteiger partial charge is 0.508 e. The number of benzene rings is 2. The van der Waals surface area contributed by atoms with Crippen molar-refractivity contribution in [1.82, 2.24) is 0 Å². The molecule has 5 atom stereocenters. The lowest BCUT2D eigenvalue weighted by Gasteiger charge is -2.39. The predicted octanol–water partition coefficient (Wildman–Crippen LogP) is -0.0771. The molecule has 174 valence electrons. The van der Waals surface area contributed by atoms with E-state index in [4.69, 9.17) is 14.0 Å². The minimum absolute atomic E-state index is 0.0720. The van der Waals surface area contributed by atoms with Crippen molar-refractivity contribution >= 4 is 22.6 Å². The highest BCUT2D eigenvalue weighted by Gasteiger charge is 2.44. The maximum Gasteiger partial charge on any atom is 0.446 e. The lowest BCUT2D eigenvalue weighted by atomic mass is 9.99. The first-order valence-electron chi connectivity index (χ1n) is 9.32. The van der Waals surface area contributed by atoms with Gasteiger partial charge in [0.05, 0.1) is 6.61 Å². The molecule has 6 N–H and O–H groups in total. The zero-order chi connectivity index (χ0) is 23.5. The standard InChI is InChI=1S/C20H22O11S/c21-10-16-17(23)18(24)19(25)20(30-16)29-15-8-12(7-13(22)9-15)2-1-11-3-5-14(6-4-11)31-32(26,27)28/h1-9,16-25H,10H2,(H,26,27,28)/b2-1-/t16-,17-,18+,19-,20-/m1/s1. The molecule has 2 aromatic carbocycles. The lowest BCUT2D eigenvalue weighted by Crippen LogP contribution is -2.60. The first kappa shape index (κ1) is 23.9. The van der Waals surface area contributed by atoms with Crippen molar-refractivity contribution in [3.05, 3.63) is 53.6 Å². The molecule has 0 bridgehead atoms. The van der Waals surface area contributed by atoms with Gasteiger partial charge in [-0.1, -0.05) is 24.3 Å². The Kier molecular flexibility index (Phi) is 7.36. The summed E-state index contributed by atoms with van der Waals surface area (Å²) in [5.74, 6) is -0.147. The molecule has 0 radical (unpaired) electrons. The van der Waals surface area contributed by atoms with E-state index >= 15 is 0 Å². The van der Waals surface area contributed by atoms with Crippen molar-refractivity contribution in [1.29, 1.82) is 0 Å². The van der Waals surface area contributed by atoms with Gasteiger partial charge in [0.2, 0.25) is 6.29 Å². The minimum atomic E-state index is -4.61. The molecule has 12 heteroatoms. The third-order valence-corrected chi connectivity index (χ3v) is 4.97. The average molecular weight is 470 g/mol. The van der Waals surface area contributed by atoms with Crippen LogP contribution in [0.2, 0.25) is 0 Å². The van der Waals surface area contributed by atoms with Crippen molar-refractivity contribution in [2.75, 3.05) is 6.61 Å².